The Hall–Kier alpha value is -10.1. The van der Waals surface area contributed by atoms with E-state index in [9.17, 15) is 0 Å². The molecule has 0 aliphatic rings. The van der Waals surface area contributed by atoms with E-state index in [1.54, 1.807) is 0 Å². The fraction of sp³-hybridized carbons (Fsp3) is 0. The van der Waals surface area contributed by atoms with Gasteiger partial charge in [-0.25, -0.2) is 0 Å². The van der Waals surface area contributed by atoms with E-state index < -0.39 is 76.3 Å². The average molecular weight is 1140 g/mol. The van der Waals surface area contributed by atoms with Gasteiger partial charge in [0.05, 0.1) is 0 Å². The molecule has 0 radical (unpaired) electrons. The molecule has 0 atom stereocenters. The molecule has 0 bridgehead atoms. The fourth-order valence-electron chi connectivity index (χ4n) is 0. The molecule has 0 aromatic heterocycles. The second-order valence-corrected chi connectivity index (χ2v) is 3.57. The summed E-state index contributed by atoms with van der Waals surface area (Å²) in [5.74, 6) is 0. The first-order valence-corrected chi connectivity index (χ1v) is 8.48. The molecule has 366 valence electrons. The Balaban J connectivity index is -0.0000000215. The van der Waals surface area contributed by atoms with Crippen molar-refractivity contribution in [1.82, 2.24) is 0 Å². The van der Waals surface area contributed by atoms with E-state index in [1.165, 1.54) is 0 Å². The second kappa shape index (κ2) is 110. The van der Waals surface area contributed by atoms with E-state index in [-0.39, 0.29) is 58.4 Å². The molecule has 0 unspecified atom stereocenters. The normalized spacial score (nSPS) is 5.71. The van der Waals surface area contributed by atoms with Gasteiger partial charge in [-0.05, 0) is 0 Å². The van der Waals surface area contributed by atoms with Crippen molar-refractivity contribution in [3.8, 4) is 0 Å². The third-order valence-corrected chi connectivity index (χ3v) is 0. The summed E-state index contributed by atoms with van der Waals surface area (Å²) in [7, 11) is 0. The minimum Gasteiger partial charge on any atom is -0.328 e. The van der Waals surface area contributed by atoms with Crippen LogP contribution >= 0.6 is 0 Å². The summed E-state index contributed by atoms with van der Waals surface area (Å²) < 4.78 is 0. The van der Waals surface area contributed by atoms with E-state index in [0.29, 0.717) is 0 Å². The van der Waals surface area contributed by atoms with Crippen molar-refractivity contribution in [2.75, 3.05) is 0 Å². The van der Waals surface area contributed by atoms with E-state index in [0.717, 1.165) is 0 Å². The summed E-state index contributed by atoms with van der Waals surface area (Å²) in [5, 5.41) is 205. The van der Waals surface area contributed by atoms with E-state index in [4.69, 9.17) is 230 Å². The molecule has 0 spiro atoms. The SMILES string of the molecule is O=[N+]([O-])O.O=[N+]([O-])O.O=[N+]([O-])O.O=[N+]([O-])O.O=[N+]([O-])O.O=[N+]([O-])O.O=[N+]([O-])O.O=[N+]([O-])O.O=[N+]([O-])O.O=[N+]([O-])O.O=[N+]([O-])O.O=[N+]([O-])O.O=[N+]([O-])O.O=[N+]([O-])O.O=[N+]([O-])O.[Zn].[Zn].[Zn]. The zero-order valence-electron chi connectivity index (χ0n) is 27.8. The molecule has 63 heavy (non-hydrogen) atoms. The van der Waals surface area contributed by atoms with E-state index in [2.05, 4.69) is 0 Å². The zero-order chi connectivity index (χ0) is 53.7. The number of nitrogens with zero attached hydrogens (tertiary/aromatic N) is 15. The standard InChI is InChI=1S/15HNO3.3Zn/c15*2-1(3)4;;;/h15*(H,2,3,4);;;. The molecule has 60 nitrogen and oxygen atoms in total. The first-order chi connectivity index (χ1) is 26.0. The Kier molecular flexibility index (Phi) is 205. The molecule has 0 saturated heterocycles. The van der Waals surface area contributed by atoms with Gasteiger partial charge in [0.2, 0.25) is 0 Å². The Morgan fingerprint density at radius 3 is 0.143 bits per heavy atom. The summed E-state index contributed by atoms with van der Waals surface area (Å²) in [5.41, 5.74) is 0. The number of hydrogen-bond acceptors (Lipinski definition) is 30. The quantitative estimate of drug-likeness (QED) is 0.0612. The Bertz CT molecular complexity index is 763. The van der Waals surface area contributed by atoms with Gasteiger partial charge in [-0.1, -0.05) is 0 Å². The predicted octanol–water partition coefficient (Wildman–Crippen LogP) is -5.22. The van der Waals surface area contributed by atoms with E-state index in [1.807, 2.05) is 0 Å². The molecule has 0 aliphatic heterocycles. The predicted molar refractivity (Wildman–Crippen MR) is 132 cm³/mol. The van der Waals surface area contributed by atoms with E-state index >= 15 is 0 Å². The largest absolute Gasteiger partial charge is 0.328 e. The Morgan fingerprint density at radius 2 is 0.143 bits per heavy atom. The van der Waals surface area contributed by atoms with Crippen molar-refractivity contribution in [3.63, 3.8) is 0 Å². The monoisotopic (exact) mass is 1140 g/mol. The van der Waals surface area contributed by atoms with Crippen molar-refractivity contribution >= 4 is 0 Å². The van der Waals surface area contributed by atoms with Gasteiger partial charge >= 0.3 is 0 Å². The molecular formula is H15N15O45Zn3. The van der Waals surface area contributed by atoms with Gasteiger partial charge in [-0.15, -0.1) is 152 Å². The summed E-state index contributed by atoms with van der Waals surface area (Å²) in [6.45, 7) is 0. The third-order valence-electron chi connectivity index (χ3n) is 0. The van der Waals surface area contributed by atoms with Crippen LogP contribution in [-0.4, -0.2) is 154 Å². The minimum atomic E-state index is -1.50. The van der Waals surface area contributed by atoms with Crippen LogP contribution in [-0.2, 0) is 58.4 Å². The third kappa shape index (κ3) is 1260. The molecule has 63 heteroatoms. The summed E-state index contributed by atoms with van der Waals surface area (Å²) >= 11 is 0. The molecule has 0 aromatic rings. The van der Waals surface area contributed by atoms with Gasteiger partial charge in [0.25, 0.3) is 76.3 Å². The van der Waals surface area contributed by atoms with Crippen LogP contribution < -0.4 is 0 Å². The first kappa shape index (κ1) is 117. The Morgan fingerprint density at radius 1 is 0.143 bits per heavy atom. The topological polar surface area (TPSA) is 951 Å². The average Bonchev–Trinajstić information content (AvgIpc) is 2.78. The molecule has 0 fully saturated rings. The summed E-state index contributed by atoms with van der Waals surface area (Å²) in [4.78, 5) is 125. The Labute approximate surface area is 364 Å². The van der Waals surface area contributed by atoms with Crippen LogP contribution in [0.5, 0.6) is 0 Å². The van der Waals surface area contributed by atoms with Crippen LogP contribution in [0, 0.1) is 152 Å². The number of rotatable bonds is 0. The molecule has 0 amide bonds. The fourth-order valence-corrected chi connectivity index (χ4v) is 0. The molecule has 0 aromatic carbocycles. The number of hydrogen-bond donors (Lipinski definition) is 15. The van der Waals surface area contributed by atoms with Crippen LogP contribution in [0.3, 0.4) is 0 Å². The maximum atomic E-state index is 8.36. The molecule has 0 rings (SSSR count). The van der Waals surface area contributed by atoms with Gasteiger partial charge in [0, 0.05) is 58.4 Å². The van der Waals surface area contributed by atoms with Crippen molar-refractivity contribution < 1.29 is 213 Å². The van der Waals surface area contributed by atoms with Gasteiger partial charge in [-0.3, -0.25) is 0 Å². The molecular weight excluding hydrogens is 1130 g/mol. The minimum absolute atomic E-state index is 0. The van der Waals surface area contributed by atoms with Crippen molar-refractivity contribution in [2.24, 2.45) is 0 Å². The van der Waals surface area contributed by atoms with Gasteiger partial charge in [-0.2, -0.15) is 0 Å². The van der Waals surface area contributed by atoms with Crippen LogP contribution in [0.15, 0.2) is 0 Å². The molecule has 0 aliphatic carbocycles. The molecule has 15 N–H and O–H groups in total. The summed E-state index contributed by atoms with van der Waals surface area (Å²) in [6, 6.07) is 0. The first-order valence-electron chi connectivity index (χ1n) is 8.48. The van der Waals surface area contributed by atoms with Crippen LogP contribution in [0.4, 0.5) is 0 Å². The molecule has 0 heterocycles. The zero-order valence-corrected chi connectivity index (χ0v) is 36.7. The smallest absolute Gasteiger partial charge is 0.291 e. The second-order valence-electron chi connectivity index (χ2n) is 3.57. The summed E-state index contributed by atoms with van der Waals surface area (Å²) in [6.07, 6.45) is 0. The van der Waals surface area contributed by atoms with Crippen molar-refractivity contribution in [1.29, 1.82) is 0 Å². The van der Waals surface area contributed by atoms with Crippen molar-refractivity contribution in [2.45, 2.75) is 0 Å². The van der Waals surface area contributed by atoms with Gasteiger partial charge < -0.3 is 78.1 Å². The maximum Gasteiger partial charge on any atom is 0.291 e. The van der Waals surface area contributed by atoms with Crippen LogP contribution in [0.2, 0.25) is 0 Å². The van der Waals surface area contributed by atoms with Crippen LogP contribution in [0.1, 0.15) is 0 Å². The maximum absolute atomic E-state index is 8.36. The van der Waals surface area contributed by atoms with Crippen molar-refractivity contribution in [3.05, 3.63) is 152 Å². The van der Waals surface area contributed by atoms with Gasteiger partial charge in [0.1, 0.15) is 0 Å². The molecule has 0 saturated carbocycles. The van der Waals surface area contributed by atoms with Crippen LogP contribution in [0.25, 0.3) is 0 Å². The van der Waals surface area contributed by atoms with Gasteiger partial charge in [0.15, 0.2) is 0 Å².